The van der Waals surface area contributed by atoms with E-state index in [0.717, 1.165) is 62.4 Å². The van der Waals surface area contributed by atoms with Crippen LogP contribution in [-0.4, -0.2) is 33.2 Å². The minimum Gasteiger partial charge on any atom is -0.484 e. The Bertz CT molecular complexity index is 1030. The molecule has 3 aromatic carbocycles. The smallest absolute Gasteiger partial charge is 0.143 e. The Balaban J connectivity index is 1.53. The molecule has 1 heterocycles. The second-order valence-electron chi connectivity index (χ2n) is 8.96. The molecule has 0 saturated carbocycles. The Kier molecular flexibility index (Phi) is 8.20. The predicted octanol–water partition coefficient (Wildman–Crippen LogP) is 5.66. The lowest BCUT2D eigenvalue weighted by Crippen LogP contribution is -2.50. The van der Waals surface area contributed by atoms with Gasteiger partial charge in [-0.15, -0.1) is 0 Å². The van der Waals surface area contributed by atoms with Crippen molar-refractivity contribution in [3.63, 3.8) is 0 Å². The number of hydrogen-bond acceptors (Lipinski definition) is 4. The summed E-state index contributed by atoms with van der Waals surface area (Å²) in [5.41, 5.74) is 3.30. The van der Waals surface area contributed by atoms with Crippen LogP contribution in [0.1, 0.15) is 43.4 Å². The molecule has 0 aliphatic carbocycles. The van der Waals surface area contributed by atoms with Gasteiger partial charge in [0.05, 0.1) is 5.69 Å². The molecule has 4 nitrogen and oxygen atoms in total. The summed E-state index contributed by atoms with van der Waals surface area (Å²) in [6.45, 7) is 5.65. The second kappa shape index (κ2) is 11.5. The zero-order valence-electron chi connectivity index (χ0n) is 20.3. The summed E-state index contributed by atoms with van der Waals surface area (Å²) < 4.78 is 20.6. The molecule has 0 aromatic heterocycles. The molecule has 0 amide bonds. The fourth-order valence-corrected chi connectivity index (χ4v) is 4.95. The summed E-state index contributed by atoms with van der Waals surface area (Å²) in [5, 5.41) is 6.97. The van der Waals surface area contributed by atoms with E-state index in [1.54, 1.807) is 12.1 Å². The van der Waals surface area contributed by atoms with Crippen LogP contribution in [-0.2, 0) is 5.54 Å². The number of para-hydroxylation sites is 2. The first-order valence-corrected chi connectivity index (χ1v) is 12.4. The lowest BCUT2D eigenvalue weighted by Gasteiger charge is -2.43. The highest BCUT2D eigenvalue weighted by Crippen LogP contribution is 2.38. The number of halogens is 1. The van der Waals surface area contributed by atoms with E-state index < -0.39 is 0 Å². The number of ether oxygens (including phenoxy) is 1. The summed E-state index contributed by atoms with van der Waals surface area (Å²) in [4.78, 5) is 2.42. The van der Waals surface area contributed by atoms with Gasteiger partial charge in [0, 0.05) is 25.0 Å². The molecule has 1 aliphatic heterocycles. The number of piperidine rings is 1. The standard InChI is InChI=1S/C29H36FN3O/c1-3-32-19-16-27(23-10-9-13-25(30)22-23)34-28-15-8-7-14-26(28)33-20-17-29(31-2,18-21-33)24-11-5-4-6-12-24/h4-15,22,27,31-32H,3,16-21H2,1-2H3/t27-/m1/s1. The van der Waals surface area contributed by atoms with Gasteiger partial charge in [0.15, 0.2) is 0 Å². The molecule has 3 aromatic rings. The van der Waals surface area contributed by atoms with Crippen LogP contribution in [0, 0.1) is 5.82 Å². The van der Waals surface area contributed by atoms with Crippen LogP contribution in [0.4, 0.5) is 10.1 Å². The Hall–Kier alpha value is -2.89. The van der Waals surface area contributed by atoms with Gasteiger partial charge in [0.1, 0.15) is 17.7 Å². The van der Waals surface area contributed by atoms with Crippen LogP contribution in [0.3, 0.4) is 0 Å². The maximum absolute atomic E-state index is 14.0. The summed E-state index contributed by atoms with van der Waals surface area (Å²) in [6, 6.07) is 25.8. The van der Waals surface area contributed by atoms with Gasteiger partial charge in [-0.1, -0.05) is 61.5 Å². The van der Waals surface area contributed by atoms with Crippen molar-refractivity contribution in [2.75, 3.05) is 38.1 Å². The molecular weight excluding hydrogens is 425 g/mol. The molecule has 1 saturated heterocycles. The molecule has 1 fully saturated rings. The molecule has 5 heteroatoms. The van der Waals surface area contributed by atoms with E-state index in [1.807, 2.05) is 18.2 Å². The van der Waals surface area contributed by atoms with Crippen molar-refractivity contribution >= 4 is 5.69 Å². The van der Waals surface area contributed by atoms with E-state index in [0.29, 0.717) is 0 Å². The Morgan fingerprint density at radius 2 is 1.71 bits per heavy atom. The van der Waals surface area contributed by atoms with Gasteiger partial charge in [0.2, 0.25) is 0 Å². The number of anilines is 1. The van der Waals surface area contributed by atoms with Crippen molar-refractivity contribution in [1.82, 2.24) is 10.6 Å². The van der Waals surface area contributed by atoms with E-state index in [9.17, 15) is 4.39 Å². The average Bonchev–Trinajstić information content (AvgIpc) is 2.89. The first-order valence-electron chi connectivity index (χ1n) is 12.4. The van der Waals surface area contributed by atoms with E-state index in [-0.39, 0.29) is 17.5 Å². The number of hydrogen-bond donors (Lipinski definition) is 2. The van der Waals surface area contributed by atoms with Crippen molar-refractivity contribution in [2.45, 2.75) is 37.8 Å². The van der Waals surface area contributed by atoms with Crippen LogP contribution in [0.15, 0.2) is 78.9 Å². The molecule has 2 N–H and O–H groups in total. The first kappa shape index (κ1) is 24.2. The minimum absolute atomic E-state index is 0.0104. The van der Waals surface area contributed by atoms with Gasteiger partial charge in [-0.25, -0.2) is 4.39 Å². The highest BCUT2D eigenvalue weighted by Gasteiger charge is 2.35. The zero-order chi connectivity index (χ0) is 23.8. The van der Waals surface area contributed by atoms with E-state index in [2.05, 4.69) is 72.0 Å². The number of rotatable bonds is 10. The normalized spacial score (nSPS) is 16.3. The van der Waals surface area contributed by atoms with Crippen LogP contribution in [0.2, 0.25) is 0 Å². The third kappa shape index (κ3) is 5.60. The topological polar surface area (TPSA) is 36.5 Å². The van der Waals surface area contributed by atoms with Gasteiger partial charge in [-0.05, 0) is 68.4 Å². The van der Waals surface area contributed by atoms with Crippen LogP contribution < -0.4 is 20.3 Å². The molecule has 4 rings (SSSR count). The molecule has 180 valence electrons. The third-order valence-electron chi connectivity index (χ3n) is 6.95. The summed E-state index contributed by atoms with van der Waals surface area (Å²) >= 11 is 0. The Morgan fingerprint density at radius 3 is 2.41 bits per heavy atom. The maximum atomic E-state index is 14.0. The van der Waals surface area contributed by atoms with Crippen molar-refractivity contribution in [3.8, 4) is 5.75 Å². The summed E-state index contributed by atoms with van der Waals surface area (Å²) in [7, 11) is 2.06. The lowest BCUT2D eigenvalue weighted by atomic mass is 9.81. The van der Waals surface area contributed by atoms with Crippen molar-refractivity contribution < 1.29 is 9.13 Å². The van der Waals surface area contributed by atoms with Crippen LogP contribution in [0.25, 0.3) is 0 Å². The minimum atomic E-state index is -0.233. The number of nitrogens with one attached hydrogen (secondary N) is 2. The quantitative estimate of drug-likeness (QED) is 0.382. The molecule has 1 aliphatic rings. The van der Waals surface area contributed by atoms with Crippen LogP contribution in [0.5, 0.6) is 5.75 Å². The molecule has 1 atom stereocenters. The average molecular weight is 462 g/mol. The molecule has 0 unspecified atom stereocenters. The second-order valence-corrected chi connectivity index (χ2v) is 8.96. The van der Waals surface area contributed by atoms with Crippen molar-refractivity contribution in [1.29, 1.82) is 0 Å². The zero-order valence-corrected chi connectivity index (χ0v) is 20.3. The fraction of sp³-hybridized carbons (Fsp3) is 0.379. The summed E-state index contributed by atoms with van der Waals surface area (Å²) in [6.07, 6.45) is 2.56. The van der Waals surface area contributed by atoms with E-state index in [1.165, 1.54) is 11.6 Å². The molecule has 0 bridgehead atoms. The van der Waals surface area contributed by atoms with E-state index >= 15 is 0 Å². The maximum Gasteiger partial charge on any atom is 0.143 e. The van der Waals surface area contributed by atoms with E-state index in [4.69, 9.17) is 4.74 Å². The molecule has 0 spiro atoms. The molecule has 34 heavy (non-hydrogen) atoms. The first-order chi connectivity index (χ1) is 16.6. The Morgan fingerprint density at radius 1 is 0.971 bits per heavy atom. The highest BCUT2D eigenvalue weighted by atomic mass is 19.1. The molecular formula is C29H36FN3O. The van der Waals surface area contributed by atoms with Gasteiger partial charge < -0.3 is 20.3 Å². The van der Waals surface area contributed by atoms with Crippen LogP contribution >= 0.6 is 0 Å². The number of nitrogens with zero attached hydrogens (tertiary/aromatic N) is 1. The third-order valence-corrected chi connectivity index (χ3v) is 6.95. The highest BCUT2D eigenvalue weighted by molar-refractivity contribution is 5.59. The number of benzene rings is 3. The van der Waals surface area contributed by atoms with Gasteiger partial charge in [-0.3, -0.25) is 0 Å². The van der Waals surface area contributed by atoms with Crippen molar-refractivity contribution in [2.24, 2.45) is 0 Å². The van der Waals surface area contributed by atoms with Gasteiger partial charge in [0.25, 0.3) is 0 Å². The predicted molar refractivity (Wildman–Crippen MR) is 138 cm³/mol. The van der Waals surface area contributed by atoms with Crippen molar-refractivity contribution in [3.05, 3.63) is 95.8 Å². The lowest BCUT2D eigenvalue weighted by molar-refractivity contribution is 0.193. The monoisotopic (exact) mass is 461 g/mol. The van der Waals surface area contributed by atoms with Gasteiger partial charge >= 0.3 is 0 Å². The van der Waals surface area contributed by atoms with Gasteiger partial charge in [-0.2, -0.15) is 0 Å². The fourth-order valence-electron chi connectivity index (χ4n) is 4.95. The Labute approximate surface area is 203 Å². The summed E-state index contributed by atoms with van der Waals surface area (Å²) in [5.74, 6) is 0.619. The SMILES string of the molecule is CCNCC[C@@H](Oc1ccccc1N1CCC(NC)(c2ccccc2)CC1)c1cccc(F)c1. The largest absolute Gasteiger partial charge is 0.484 e. The molecule has 0 radical (unpaired) electrons.